The Hall–Kier alpha value is -2.49. The van der Waals surface area contributed by atoms with E-state index >= 15 is 0 Å². The van der Waals surface area contributed by atoms with Gasteiger partial charge in [0.25, 0.3) is 0 Å². The average molecular weight is 484 g/mol. The number of aryl methyl sites for hydroxylation is 3. The molecule has 0 aliphatic rings. The number of thiophene rings is 1. The van der Waals surface area contributed by atoms with Crippen molar-refractivity contribution < 1.29 is 4.79 Å². The molecule has 0 unspecified atom stereocenters. The fourth-order valence-electron chi connectivity index (χ4n) is 3.23. The zero-order valence-electron chi connectivity index (χ0n) is 18.5. The number of amides is 1. The van der Waals surface area contributed by atoms with Gasteiger partial charge in [-0.2, -0.15) is 0 Å². The van der Waals surface area contributed by atoms with Crippen molar-refractivity contribution in [2.75, 3.05) is 11.1 Å². The minimum absolute atomic E-state index is 0.105. The highest BCUT2D eigenvalue weighted by molar-refractivity contribution is 7.99. The topological polar surface area (TPSA) is 72.7 Å². The molecule has 0 aliphatic heterocycles. The molecule has 32 heavy (non-hydrogen) atoms. The Morgan fingerprint density at radius 1 is 1.06 bits per heavy atom. The van der Waals surface area contributed by atoms with Crippen LogP contribution in [-0.4, -0.2) is 31.4 Å². The van der Waals surface area contributed by atoms with Crippen LogP contribution in [0.25, 0.3) is 22.6 Å². The maximum Gasteiger partial charge on any atom is 0.236 e. The monoisotopic (exact) mass is 483 g/mol. The molecule has 9 heteroatoms. The SMILES string of the molecule is CCc1cc(-c2nnc(SCC(=O)Nc3nc(-c4ccc(C)c(C)c4)cs3)n2CC)cs1. The van der Waals surface area contributed by atoms with Crippen LogP contribution in [0.2, 0.25) is 0 Å². The molecule has 1 aromatic carbocycles. The number of carbonyl (C=O) groups excluding carboxylic acids is 1. The van der Waals surface area contributed by atoms with Crippen molar-refractivity contribution in [2.24, 2.45) is 0 Å². The number of hydrogen-bond donors (Lipinski definition) is 1. The summed E-state index contributed by atoms with van der Waals surface area (Å²) in [5.74, 6) is 0.997. The normalized spacial score (nSPS) is 11.1. The molecule has 0 saturated heterocycles. The first-order valence-corrected chi connectivity index (χ1v) is 13.2. The van der Waals surface area contributed by atoms with Gasteiger partial charge >= 0.3 is 0 Å². The van der Waals surface area contributed by atoms with E-state index in [1.54, 1.807) is 11.3 Å². The Morgan fingerprint density at radius 3 is 2.62 bits per heavy atom. The average Bonchev–Trinajstić information content (AvgIpc) is 3.53. The van der Waals surface area contributed by atoms with Crippen molar-refractivity contribution in [2.45, 2.75) is 45.8 Å². The Labute approximate surface area is 200 Å². The highest BCUT2D eigenvalue weighted by atomic mass is 32.2. The van der Waals surface area contributed by atoms with Gasteiger partial charge < -0.3 is 9.88 Å². The zero-order chi connectivity index (χ0) is 22.7. The van der Waals surface area contributed by atoms with Gasteiger partial charge in [0.2, 0.25) is 5.91 Å². The standard InChI is InChI=1S/C23H25N5OS3/c1-5-18-10-17(11-30-18)21-26-27-23(28(21)6-2)32-13-20(29)25-22-24-19(12-31-22)16-8-7-14(3)15(4)9-16/h7-12H,5-6,13H2,1-4H3,(H,24,25,29). The summed E-state index contributed by atoms with van der Waals surface area (Å²) in [4.78, 5) is 18.4. The summed E-state index contributed by atoms with van der Waals surface area (Å²) in [5, 5.41) is 17.0. The summed E-state index contributed by atoms with van der Waals surface area (Å²) in [6.07, 6.45) is 1.01. The van der Waals surface area contributed by atoms with Gasteiger partial charge in [-0.25, -0.2) is 4.98 Å². The molecular formula is C23H25N5OS3. The second-order valence-corrected chi connectivity index (χ2v) is 10.2. The lowest BCUT2D eigenvalue weighted by Crippen LogP contribution is -2.14. The van der Waals surface area contributed by atoms with E-state index < -0.39 is 0 Å². The van der Waals surface area contributed by atoms with Crippen LogP contribution in [0, 0.1) is 13.8 Å². The number of hydrogen-bond acceptors (Lipinski definition) is 7. The van der Waals surface area contributed by atoms with Crippen molar-refractivity contribution >= 4 is 45.5 Å². The molecule has 0 saturated carbocycles. The lowest BCUT2D eigenvalue weighted by molar-refractivity contribution is -0.113. The molecule has 0 fully saturated rings. The molecule has 1 N–H and O–H groups in total. The number of nitrogens with one attached hydrogen (secondary N) is 1. The molecule has 0 atom stereocenters. The van der Waals surface area contributed by atoms with E-state index in [2.05, 4.69) is 82.4 Å². The lowest BCUT2D eigenvalue weighted by Gasteiger charge is -2.06. The highest BCUT2D eigenvalue weighted by Gasteiger charge is 2.16. The number of rotatable bonds is 8. The molecule has 0 bridgehead atoms. The molecule has 4 aromatic rings. The molecule has 0 aliphatic carbocycles. The number of anilines is 1. The maximum absolute atomic E-state index is 12.5. The van der Waals surface area contributed by atoms with Crippen molar-refractivity contribution in [1.82, 2.24) is 19.7 Å². The quantitative estimate of drug-likeness (QED) is 0.308. The first-order chi connectivity index (χ1) is 15.5. The number of thioether (sulfide) groups is 1. The van der Waals surface area contributed by atoms with Gasteiger partial charge in [0, 0.05) is 33.3 Å². The van der Waals surface area contributed by atoms with Gasteiger partial charge in [-0.15, -0.1) is 32.9 Å². The summed E-state index contributed by atoms with van der Waals surface area (Å²) in [6.45, 7) is 9.14. The number of carbonyl (C=O) groups is 1. The molecule has 4 rings (SSSR count). The third-order valence-corrected chi connectivity index (χ3v) is 7.98. The molecular weight excluding hydrogens is 458 g/mol. The summed E-state index contributed by atoms with van der Waals surface area (Å²) >= 11 is 4.56. The van der Waals surface area contributed by atoms with E-state index in [1.165, 1.54) is 39.1 Å². The van der Waals surface area contributed by atoms with Gasteiger partial charge in [0.1, 0.15) is 0 Å². The minimum atomic E-state index is -0.105. The summed E-state index contributed by atoms with van der Waals surface area (Å²) in [5.41, 5.74) is 5.49. The van der Waals surface area contributed by atoms with Crippen LogP contribution in [0.4, 0.5) is 5.13 Å². The first kappa shape index (κ1) is 22.7. The molecule has 0 spiro atoms. The van der Waals surface area contributed by atoms with Gasteiger partial charge in [-0.1, -0.05) is 30.8 Å². The van der Waals surface area contributed by atoms with Crippen molar-refractivity contribution in [3.8, 4) is 22.6 Å². The smallest absolute Gasteiger partial charge is 0.236 e. The molecule has 0 radical (unpaired) electrons. The third kappa shape index (κ3) is 4.95. The highest BCUT2D eigenvalue weighted by Crippen LogP contribution is 2.29. The maximum atomic E-state index is 12.5. The number of thiazole rings is 1. The van der Waals surface area contributed by atoms with Crippen LogP contribution in [0.5, 0.6) is 0 Å². The van der Waals surface area contributed by atoms with Crippen LogP contribution >= 0.6 is 34.4 Å². The third-order valence-electron chi connectivity index (χ3n) is 5.18. The lowest BCUT2D eigenvalue weighted by atomic mass is 10.1. The summed E-state index contributed by atoms with van der Waals surface area (Å²) in [7, 11) is 0. The van der Waals surface area contributed by atoms with Crippen LogP contribution in [-0.2, 0) is 17.8 Å². The summed E-state index contributed by atoms with van der Waals surface area (Å²) in [6, 6.07) is 8.44. The largest absolute Gasteiger partial charge is 0.302 e. The second-order valence-electron chi connectivity index (χ2n) is 7.38. The fraction of sp³-hybridized carbons (Fsp3) is 0.304. The Balaban J connectivity index is 1.39. The van der Waals surface area contributed by atoms with Crippen LogP contribution < -0.4 is 5.32 Å². The predicted molar refractivity (Wildman–Crippen MR) is 135 cm³/mol. The van der Waals surface area contributed by atoms with E-state index in [0.29, 0.717) is 5.13 Å². The molecule has 3 aromatic heterocycles. The van der Waals surface area contributed by atoms with Gasteiger partial charge in [0.15, 0.2) is 16.1 Å². The fourth-order valence-corrected chi connectivity index (χ4v) is 5.58. The van der Waals surface area contributed by atoms with Crippen molar-refractivity contribution in [3.05, 3.63) is 51.0 Å². The van der Waals surface area contributed by atoms with E-state index in [9.17, 15) is 4.79 Å². The van der Waals surface area contributed by atoms with E-state index in [4.69, 9.17) is 0 Å². The van der Waals surface area contributed by atoms with E-state index in [1.807, 2.05) is 5.38 Å². The van der Waals surface area contributed by atoms with Gasteiger partial charge in [0.05, 0.1) is 11.4 Å². The van der Waals surface area contributed by atoms with E-state index in [-0.39, 0.29) is 11.7 Å². The molecule has 1 amide bonds. The Morgan fingerprint density at radius 2 is 1.91 bits per heavy atom. The Bertz CT molecular complexity index is 1240. The molecule has 6 nitrogen and oxygen atoms in total. The minimum Gasteiger partial charge on any atom is -0.302 e. The first-order valence-electron chi connectivity index (χ1n) is 10.4. The van der Waals surface area contributed by atoms with Crippen LogP contribution in [0.3, 0.4) is 0 Å². The second kappa shape index (κ2) is 9.97. The number of nitrogens with zero attached hydrogens (tertiary/aromatic N) is 4. The van der Waals surface area contributed by atoms with Gasteiger partial charge in [-0.05, 0) is 50.5 Å². The molecule has 3 heterocycles. The van der Waals surface area contributed by atoms with Crippen LogP contribution in [0.1, 0.15) is 29.9 Å². The summed E-state index contributed by atoms with van der Waals surface area (Å²) < 4.78 is 2.06. The van der Waals surface area contributed by atoms with E-state index in [0.717, 1.165) is 40.8 Å². The van der Waals surface area contributed by atoms with Crippen molar-refractivity contribution in [3.63, 3.8) is 0 Å². The number of benzene rings is 1. The predicted octanol–water partition coefficient (Wildman–Crippen LogP) is 6.06. The zero-order valence-corrected chi connectivity index (χ0v) is 21.0. The van der Waals surface area contributed by atoms with Gasteiger partial charge in [-0.3, -0.25) is 4.79 Å². The number of aromatic nitrogens is 4. The van der Waals surface area contributed by atoms with Crippen molar-refractivity contribution in [1.29, 1.82) is 0 Å². The molecule has 166 valence electrons. The Kier molecular flexibility index (Phi) is 7.07. The van der Waals surface area contributed by atoms with Crippen LogP contribution in [0.15, 0.2) is 40.2 Å².